The predicted octanol–water partition coefficient (Wildman–Crippen LogP) is 2.68. The molecule has 0 bridgehead atoms. The fourth-order valence-corrected chi connectivity index (χ4v) is 1.55. The molecule has 0 aromatic carbocycles. The smallest absolute Gasteiger partial charge is 0.275 e. The van der Waals surface area contributed by atoms with Gasteiger partial charge in [-0.1, -0.05) is 22.9 Å². The molecule has 5 heteroatoms. The predicted molar refractivity (Wildman–Crippen MR) is 50.3 cm³/mol. The average Bonchev–Trinajstić information content (AvgIpc) is 2.29. The molecular formula is C8H11BrF2N2. The molecular weight excluding hydrogens is 242 g/mol. The van der Waals surface area contributed by atoms with Crippen molar-refractivity contribution in [2.24, 2.45) is 7.05 Å². The quantitative estimate of drug-likeness (QED) is 0.757. The van der Waals surface area contributed by atoms with Gasteiger partial charge in [-0.2, -0.15) is 5.10 Å². The van der Waals surface area contributed by atoms with Gasteiger partial charge in [0.1, 0.15) is 5.69 Å². The highest BCUT2D eigenvalue weighted by Crippen LogP contribution is 2.23. The number of nitrogens with zero attached hydrogens (tertiary/aromatic N) is 2. The molecule has 2 nitrogen and oxygen atoms in total. The lowest BCUT2D eigenvalue weighted by atomic mass is 10.1. The van der Waals surface area contributed by atoms with E-state index in [-0.39, 0.29) is 10.5 Å². The minimum Gasteiger partial charge on any atom is -0.275 e. The molecule has 1 unspecified atom stereocenters. The summed E-state index contributed by atoms with van der Waals surface area (Å²) in [5.74, 6) is 0. The molecule has 0 radical (unpaired) electrons. The lowest BCUT2D eigenvalue weighted by Crippen LogP contribution is -1.99. The molecule has 74 valence electrons. The monoisotopic (exact) mass is 252 g/mol. The van der Waals surface area contributed by atoms with Gasteiger partial charge >= 0.3 is 0 Å². The summed E-state index contributed by atoms with van der Waals surface area (Å²) in [6, 6.07) is 0. The van der Waals surface area contributed by atoms with Crippen molar-refractivity contribution >= 4 is 15.9 Å². The highest BCUT2D eigenvalue weighted by Gasteiger charge is 2.17. The van der Waals surface area contributed by atoms with E-state index in [1.165, 1.54) is 4.68 Å². The molecule has 0 aliphatic rings. The Morgan fingerprint density at radius 3 is 2.69 bits per heavy atom. The Morgan fingerprint density at radius 2 is 2.23 bits per heavy atom. The molecule has 0 aliphatic carbocycles. The third-order valence-electron chi connectivity index (χ3n) is 1.65. The van der Waals surface area contributed by atoms with Gasteiger partial charge in [-0.25, -0.2) is 8.78 Å². The Balaban J connectivity index is 2.91. The Labute approximate surface area is 84.1 Å². The number of aryl methyl sites for hydroxylation is 1. The summed E-state index contributed by atoms with van der Waals surface area (Å²) in [5.41, 5.74) is 0.510. The van der Waals surface area contributed by atoms with Crippen molar-refractivity contribution in [2.75, 3.05) is 0 Å². The third kappa shape index (κ3) is 2.76. The van der Waals surface area contributed by atoms with Crippen LogP contribution >= 0.6 is 15.9 Å². The second-order valence-corrected chi connectivity index (χ2v) is 4.56. The third-order valence-corrected chi connectivity index (χ3v) is 1.97. The molecule has 1 aromatic heterocycles. The summed E-state index contributed by atoms with van der Waals surface area (Å²) in [6.07, 6.45) is -0.269. The van der Waals surface area contributed by atoms with E-state index in [1.807, 2.05) is 6.92 Å². The van der Waals surface area contributed by atoms with E-state index in [9.17, 15) is 8.78 Å². The molecule has 0 saturated carbocycles. The Kier molecular flexibility index (Phi) is 3.41. The molecule has 0 fully saturated rings. The number of hydrogen-bond donors (Lipinski definition) is 0. The summed E-state index contributed by atoms with van der Waals surface area (Å²) in [5, 5.41) is 3.71. The van der Waals surface area contributed by atoms with Gasteiger partial charge in [0, 0.05) is 23.6 Å². The summed E-state index contributed by atoms with van der Waals surface area (Å²) in [7, 11) is 1.65. The zero-order valence-corrected chi connectivity index (χ0v) is 9.05. The topological polar surface area (TPSA) is 17.8 Å². The van der Waals surface area contributed by atoms with Crippen molar-refractivity contribution in [3.05, 3.63) is 17.5 Å². The standard InChI is InChI=1S/C8H11BrF2N2/c1-5(9)3-6-4-13(2)12-7(6)8(10)11/h4-5,8H,3H2,1-2H3. The van der Waals surface area contributed by atoms with E-state index < -0.39 is 6.43 Å². The zero-order valence-electron chi connectivity index (χ0n) is 7.47. The maximum Gasteiger partial charge on any atom is 0.282 e. The molecule has 0 amide bonds. The fraction of sp³-hybridized carbons (Fsp3) is 0.625. The first-order chi connectivity index (χ1) is 6.00. The van der Waals surface area contributed by atoms with Gasteiger partial charge in [-0.3, -0.25) is 4.68 Å². The number of rotatable bonds is 3. The minimum absolute atomic E-state index is 0.103. The van der Waals surface area contributed by atoms with Crippen molar-refractivity contribution in [1.82, 2.24) is 9.78 Å². The Morgan fingerprint density at radius 1 is 1.62 bits per heavy atom. The van der Waals surface area contributed by atoms with Crippen LogP contribution in [0, 0.1) is 0 Å². The number of halogens is 3. The molecule has 1 heterocycles. The van der Waals surface area contributed by atoms with Crippen LogP contribution in [0.5, 0.6) is 0 Å². The van der Waals surface area contributed by atoms with Crippen molar-refractivity contribution in [3.8, 4) is 0 Å². The molecule has 1 aromatic rings. The van der Waals surface area contributed by atoms with Crippen LogP contribution in [0.25, 0.3) is 0 Å². The van der Waals surface area contributed by atoms with Crippen molar-refractivity contribution in [1.29, 1.82) is 0 Å². The van der Waals surface area contributed by atoms with Gasteiger partial charge < -0.3 is 0 Å². The Bertz CT molecular complexity index is 284. The molecule has 0 aliphatic heterocycles. The van der Waals surface area contributed by atoms with E-state index >= 15 is 0 Å². The van der Waals surface area contributed by atoms with Gasteiger partial charge in [0.05, 0.1) is 0 Å². The molecule has 1 atom stereocenters. The SMILES string of the molecule is CC(Br)Cc1cn(C)nc1C(F)F. The maximum absolute atomic E-state index is 12.4. The van der Waals surface area contributed by atoms with E-state index in [0.717, 1.165) is 0 Å². The second kappa shape index (κ2) is 4.17. The summed E-state index contributed by atoms with van der Waals surface area (Å²) in [4.78, 5) is 0.189. The first kappa shape index (κ1) is 10.6. The maximum atomic E-state index is 12.4. The fourth-order valence-electron chi connectivity index (χ4n) is 1.20. The lowest BCUT2D eigenvalue weighted by Gasteiger charge is -2.02. The highest BCUT2D eigenvalue weighted by atomic mass is 79.9. The summed E-state index contributed by atoms with van der Waals surface area (Å²) >= 11 is 3.32. The van der Waals surface area contributed by atoms with Crippen LogP contribution in [0.4, 0.5) is 8.78 Å². The summed E-state index contributed by atoms with van der Waals surface area (Å²) < 4.78 is 26.2. The van der Waals surface area contributed by atoms with Gasteiger partial charge in [0.2, 0.25) is 0 Å². The van der Waals surface area contributed by atoms with E-state index in [1.54, 1.807) is 13.2 Å². The normalized spacial score (nSPS) is 13.7. The van der Waals surface area contributed by atoms with Crippen molar-refractivity contribution in [3.63, 3.8) is 0 Å². The number of alkyl halides is 3. The molecule has 13 heavy (non-hydrogen) atoms. The minimum atomic E-state index is -2.48. The van der Waals surface area contributed by atoms with Gasteiger partial charge in [-0.15, -0.1) is 0 Å². The molecule has 0 spiro atoms. The highest BCUT2D eigenvalue weighted by molar-refractivity contribution is 9.09. The van der Waals surface area contributed by atoms with E-state index in [4.69, 9.17) is 0 Å². The van der Waals surface area contributed by atoms with Crippen molar-refractivity contribution < 1.29 is 8.78 Å². The largest absolute Gasteiger partial charge is 0.282 e. The van der Waals surface area contributed by atoms with Crippen LogP contribution in [0.15, 0.2) is 6.20 Å². The zero-order chi connectivity index (χ0) is 10.0. The first-order valence-corrected chi connectivity index (χ1v) is 4.87. The van der Waals surface area contributed by atoms with E-state index in [0.29, 0.717) is 12.0 Å². The number of hydrogen-bond acceptors (Lipinski definition) is 1. The van der Waals surface area contributed by atoms with Crippen LogP contribution in [-0.2, 0) is 13.5 Å². The average molecular weight is 253 g/mol. The molecule has 0 N–H and O–H groups in total. The van der Waals surface area contributed by atoms with Gasteiger partial charge in [-0.05, 0) is 6.42 Å². The van der Waals surface area contributed by atoms with Gasteiger partial charge in [0.15, 0.2) is 0 Å². The van der Waals surface area contributed by atoms with Crippen LogP contribution < -0.4 is 0 Å². The summed E-state index contributed by atoms with van der Waals surface area (Å²) in [6.45, 7) is 1.92. The van der Waals surface area contributed by atoms with Crippen LogP contribution in [-0.4, -0.2) is 14.6 Å². The van der Waals surface area contributed by atoms with Crippen LogP contribution in [0.2, 0.25) is 0 Å². The van der Waals surface area contributed by atoms with E-state index in [2.05, 4.69) is 21.0 Å². The lowest BCUT2D eigenvalue weighted by molar-refractivity contribution is 0.144. The Hall–Kier alpha value is -0.450. The van der Waals surface area contributed by atoms with Crippen molar-refractivity contribution in [2.45, 2.75) is 24.6 Å². The van der Waals surface area contributed by atoms with Gasteiger partial charge in [0.25, 0.3) is 6.43 Å². The molecule has 0 saturated heterocycles. The second-order valence-electron chi connectivity index (χ2n) is 3.00. The first-order valence-electron chi connectivity index (χ1n) is 3.95. The van der Waals surface area contributed by atoms with Crippen LogP contribution in [0.3, 0.4) is 0 Å². The number of aromatic nitrogens is 2. The van der Waals surface area contributed by atoms with Crippen LogP contribution in [0.1, 0.15) is 24.6 Å². The molecule has 1 rings (SSSR count).